The lowest BCUT2D eigenvalue weighted by Crippen LogP contribution is -2.37. The molecule has 1 fully saturated rings. The van der Waals surface area contributed by atoms with Crippen LogP contribution in [0.5, 0.6) is 0 Å². The molecule has 0 bridgehead atoms. The van der Waals surface area contributed by atoms with Crippen LogP contribution in [0.2, 0.25) is 0 Å². The molecule has 3 atom stereocenters. The van der Waals surface area contributed by atoms with Crippen molar-refractivity contribution in [3.05, 3.63) is 53.3 Å². The van der Waals surface area contributed by atoms with Gasteiger partial charge in [0.25, 0.3) is 0 Å². The molecular formula is C18H23N3O. The van der Waals surface area contributed by atoms with Gasteiger partial charge >= 0.3 is 0 Å². The Kier molecular flexibility index (Phi) is 4.01. The third-order valence-corrected chi connectivity index (χ3v) is 4.29. The molecule has 2 aromatic rings. The average molecular weight is 297 g/mol. The lowest BCUT2D eigenvalue weighted by atomic mass is 10.1. The van der Waals surface area contributed by atoms with E-state index < -0.39 is 0 Å². The van der Waals surface area contributed by atoms with Crippen LogP contribution >= 0.6 is 0 Å². The molecule has 1 amide bonds. The molecule has 0 spiro atoms. The van der Waals surface area contributed by atoms with Gasteiger partial charge in [-0.1, -0.05) is 30.3 Å². The Balaban J connectivity index is 1.53. The summed E-state index contributed by atoms with van der Waals surface area (Å²) in [6, 6.07) is 12.4. The fourth-order valence-electron chi connectivity index (χ4n) is 3.07. The number of aromatic nitrogens is 2. The molecule has 4 nitrogen and oxygen atoms in total. The zero-order valence-electron chi connectivity index (χ0n) is 13.4. The molecule has 1 aromatic heterocycles. The summed E-state index contributed by atoms with van der Waals surface area (Å²) in [6.07, 6.45) is 0.961. The lowest BCUT2D eigenvalue weighted by Gasteiger charge is -2.15. The number of carbonyl (C=O) groups is 1. The van der Waals surface area contributed by atoms with Crippen molar-refractivity contribution in [1.29, 1.82) is 0 Å². The van der Waals surface area contributed by atoms with Crippen molar-refractivity contribution in [2.45, 2.75) is 45.7 Å². The highest BCUT2D eigenvalue weighted by Crippen LogP contribution is 2.47. The summed E-state index contributed by atoms with van der Waals surface area (Å²) in [5.74, 6) is 0.690. The highest BCUT2D eigenvalue weighted by atomic mass is 16.2. The summed E-state index contributed by atoms with van der Waals surface area (Å²) < 4.78 is 1.96. The number of amides is 1. The van der Waals surface area contributed by atoms with Crippen LogP contribution in [0.4, 0.5) is 0 Å². The molecule has 1 aliphatic rings. The number of carbonyl (C=O) groups excluding carboxylic acids is 1. The smallest absolute Gasteiger partial charge is 0.224 e. The Morgan fingerprint density at radius 3 is 2.73 bits per heavy atom. The standard InChI is InChI=1S/C18H23N3O/c1-12-9-14(3)21(20-12)11-13(2)19-18(22)17-10-16(17)15-7-5-4-6-8-15/h4-9,13,16-17H,10-11H2,1-3H3,(H,19,22)/t13-,16-,17-/m0/s1. The van der Waals surface area contributed by atoms with Gasteiger partial charge in [-0.3, -0.25) is 9.48 Å². The van der Waals surface area contributed by atoms with E-state index >= 15 is 0 Å². The van der Waals surface area contributed by atoms with Crippen molar-refractivity contribution in [3.63, 3.8) is 0 Å². The van der Waals surface area contributed by atoms with E-state index in [4.69, 9.17) is 0 Å². The maximum Gasteiger partial charge on any atom is 0.224 e. The first kappa shape index (κ1) is 14.8. The highest BCUT2D eigenvalue weighted by molar-refractivity contribution is 5.83. The van der Waals surface area contributed by atoms with Gasteiger partial charge in [-0.2, -0.15) is 5.10 Å². The molecule has 4 heteroatoms. The first-order valence-corrected chi connectivity index (χ1v) is 7.91. The summed E-state index contributed by atoms with van der Waals surface area (Å²) in [4.78, 5) is 12.3. The lowest BCUT2D eigenvalue weighted by molar-refractivity contribution is -0.123. The minimum Gasteiger partial charge on any atom is -0.352 e. The van der Waals surface area contributed by atoms with Crippen molar-refractivity contribution in [2.24, 2.45) is 5.92 Å². The molecular weight excluding hydrogens is 274 g/mol. The highest BCUT2D eigenvalue weighted by Gasteiger charge is 2.44. The van der Waals surface area contributed by atoms with Gasteiger partial charge in [0.1, 0.15) is 0 Å². The minimum atomic E-state index is 0.0857. The fourth-order valence-corrected chi connectivity index (χ4v) is 3.07. The van der Waals surface area contributed by atoms with E-state index in [1.165, 1.54) is 5.56 Å². The zero-order valence-corrected chi connectivity index (χ0v) is 13.4. The Labute approximate surface area is 131 Å². The maximum absolute atomic E-state index is 12.3. The Morgan fingerprint density at radius 2 is 2.09 bits per heavy atom. The maximum atomic E-state index is 12.3. The van der Waals surface area contributed by atoms with Gasteiger partial charge in [-0.25, -0.2) is 0 Å². The zero-order chi connectivity index (χ0) is 15.7. The Hall–Kier alpha value is -2.10. The molecule has 22 heavy (non-hydrogen) atoms. The van der Waals surface area contributed by atoms with E-state index in [0.717, 1.165) is 17.8 Å². The van der Waals surface area contributed by atoms with Crippen LogP contribution < -0.4 is 5.32 Å². The van der Waals surface area contributed by atoms with Gasteiger partial charge < -0.3 is 5.32 Å². The number of hydrogen-bond donors (Lipinski definition) is 1. The first-order chi connectivity index (χ1) is 10.5. The largest absolute Gasteiger partial charge is 0.352 e. The van der Waals surface area contributed by atoms with E-state index in [1.54, 1.807) is 0 Å². The van der Waals surface area contributed by atoms with Crippen molar-refractivity contribution >= 4 is 5.91 Å². The molecule has 0 aliphatic heterocycles. The molecule has 1 N–H and O–H groups in total. The average Bonchev–Trinajstić information content (AvgIpc) is 3.22. The van der Waals surface area contributed by atoms with Crippen molar-refractivity contribution in [3.8, 4) is 0 Å². The second kappa shape index (κ2) is 5.95. The quantitative estimate of drug-likeness (QED) is 0.922. The first-order valence-electron chi connectivity index (χ1n) is 7.91. The number of rotatable bonds is 5. The van der Waals surface area contributed by atoms with Crippen molar-refractivity contribution in [1.82, 2.24) is 15.1 Å². The van der Waals surface area contributed by atoms with Gasteiger partial charge in [-0.05, 0) is 44.7 Å². The topological polar surface area (TPSA) is 46.9 Å². The van der Waals surface area contributed by atoms with Gasteiger partial charge in [0, 0.05) is 17.7 Å². The second-order valence-corrected chi connectivity index (χ2v) is 6.38. The van der Waals surface area contributed by atoms with E-state index in [0.29, 0.717) is 12.5 Å². The number of aryl methyl sites for hydroxylation is 2. The van der Waals surface area contributed by atoms with Crippen LogP contribution in [0, 0.1) is 19.8 Å². The summed E-state index contributed by atoms with van der Waals surface area (Å²) in [7, 11) is 0. The summed E-state index contributed by atoms with van der Waals surface area (Å²) in [5.41, 5.74) is 3.42. The molecule has 0 saturated heterocycles. The Morgan fingerprint density at radius 1 is 1.36 bits per heavy atom. The van der Waals surface area contributed by atoms with Gasteiger partial charge in [0.05, 0.1) is 12.2 Å². The summed E-state index contributed by atoms with van der Waals surface area (Å²) in [6.45, 7) is 6.78. The van der Waals surface area contributed by atoms with E-state index in [9.17, 15) is 4.79 Å². The monoisotopic (exact) mass is 297 g/mol. The molecule has 1 aliphatic carbocycles. The van der Waals surface area contributed by atoms with Crippen molar-refractivity contribution in [2.75, 3.05) is 0 Å². The van der Waals surface area contributed by atoms with Gasteiger partial charge in [-0.15, -0.1) is 0 Å². The predicted molar refractivity (Wildman–Crippen MR) is 86.6 cm³/mol. The number of nitrogens with one attached hydrogen (secondary N) is 1. The van der Waals surface area contributed by atoms with Crippen molar-refractivity contribution < 1.29 is 4.79 Å². The minimum absolute atomic E-state index is 0.0857. The van der Waals surface area contributed by atoms with Crippen LogP contribution in [0.25, 0.3) is 0 Å². The van der Waals surface area contributed by atoms with Crippen LogP contribution in [0.1, 0.15) is 36.2 Å². The van der Waals surface area contributed by atoms with Gasteiger partial charge in [0.2, 0.25) is 5.91 Å². The molecule has 1 saturated carbocycles. The Bertz CT molecular complexity index is 662. The SMILES string of the molecule is Cc1cc(C)n(C[C@H](C)NC(=O)[C@H]2C[C@H]2c2ccccc2)n1. The van der Waals surface area contributed by atoms with Crippen LogP contribution in [-0.4, -0.2) is 21.7 Å². The predicted octanol–water partition coefficient (Wildman–Crippen LogP) is 2.81. The number of benzene rings is 1. The molecule has 116 valence electrons. The molecule has 1 heterocycles. The fraction of sp³-hybridized carbons (Fsp3) is 0.444. The van der Waals surface area contributed by atoms with Gasteiger partial charge in [0.15, 0.2) is 0 Å². The van der Waals surface area contributed by atoms with E-state index in [-0.39, 0.29) is 17.9 Å². The molecule has 0 radical (unpaired) electrons. The van der Waals surface area contributed by atoms with Crippen LogP contribution in [0.3, 0.4) is 0 Å². The third kappa shape index (κ3) is 3.21. The summed E-state index contributed by atoms with van der Waals surface area (Å²) >= 11 is 0. The number of hydrogen-bond acceptors (Lipinski definition) is 2. The van der Waals surface area contributed by atoms with E-state index in [1.807, 2.05) is 43.7 Å². The molecule has 1 aromatic carbocycles. The second-order valence-electron chi connectivity index (χ2n) is 6.38. The van der Waals surface area contributed by atoms with Crippen LogP contribution in [0.15, 0.2) is 36.4 Å². The third-order valence-electron chi connectivity index (χ3n) is 4.29. The molecule has 3 rings (SSSR count). The van der Waals surface area contributed by atoms with E-state index in [2.05, 4.69) is 28.6 Å². The normalized spacial score (nSPS) is 21.4. The van der Waals surface area contributed by atoms with Crippen LogP contribution in [-0.2, 0) is 11.3 Å². The number of nitrogens with zero attached hydrogens (tertiary/aromatic N) is 2. The molecule has 0 unspecified atom stereocenters. The summed E-state index contributed by atoms with van der Waals surface area (Å²) in [5, 5.41) is 7.57.